The summed E-state index contributed by atoms with van der Waals surface area (Å²) in [6.07, 6.45) is -2.01. The van der Waals surface area contributed by atoms with Crippen molar-refractivity contribution in [1.29, 1.82) is 0 Å². The van der Waals surface area contributed by atoms with Gasteiger partial charge in [0, 0.05) is 29.8 Å². The van der Waals surface area contributed by atoms with Crippen LogP contribution in [0.1, 0.15) is 40.2 Å². The molecule has 1 aromatic heterocycles. The molecule has 1 saturated heterocycles. The molecule has 1 amide bonds. The van der Waals surface area contributed by atoms with E-state index in [2.05, 4.69) is 10.3 Å². The molecular weight excluding hydrogens is 472 g/mol. The van der Waals surface area contributed by atoms with Gasteiger partial charge in [0.1, 0.15) is 5.82 Å². The number of pyridine rings is 1. The number of anilines is 1. The second-order valence-electron chi connectivity index (χ2n) is 9.45. The molecule has 9 heteroatoms. The zero-order chi connectivity index (χ0) is 25.4. The number of likely N-dealkylation sites (tertiary alicyclic amines) is 1. The summed E-state index contributed by atoms with van der Waals surface area (Å²) in [5.74, 6) is -0.767. The topological polar surface area (TPSA) is 71.2 Å². The van der Waals surface area contributed by atoms with E-state index in [4.69, 9.17) is 5.73 Å². The molecule has 5 nitrogen and oxygen atoms in total. The van der Waals surface area contributed by atoms with E-state index in [1.807, 2.05) is 18.2 Å². The van der Waals surface area contributed by atoms with Crippen LogP contribution in [0.3, 0.4) is 0 Å². The number of nitrogens with one attached hydrogen (secondary N) is 1. The number of carbonyl (C=O) groups is 1. The van der Waals surface area contributed by atoms with Crippen LogP contribution < -0.4 is 11.1 Å². The van der Waals surface area contributed by atoms with Crippen LogP contribution >= 0.6 is 0 Å². The number of hydrogen-bond donors (Lipinski definition) is 2. The first-order chi connectivity index (χ1) is 17.2. The summed E-state index contributed by atoms with van der Waals surface area (Å²) in [7, 11) is 0. The maximum absolute atomic E-state index is 14.9. The maximum Gasteiger partial charge on any atom is 0.401 e. The predicted octanol–water partition coefficient (Wildman–Crippen LogP) is 5.16. The van der Waals surface area contributed by atoms with Gasteiger partial charge in [-0.15, -0.1) is 0 Å². The van der Waals surface area contributed by atoms with Crippen LogP contribution in [-0.2, 0) is 6.42 Å². The largest absolute Gasteiger partial charge is 0.401 e. The average molecular weight is 499 g/mol. The van der Waals surface area contributed by atoms with Gasteiger partial charge >= 0.3 is 6.18 Å². The Bertz CT molecular complexity index is 1290. The highest BCUT2D eigenvalue weighted by atomic mass is 19.4. The molecular formula is C27H26F4N4O. The van der Waals surface area contributed by atoms with Crippen LogP contribution in [0.2, 0.25) is 0 Å². The highest BCUT2D eigenvalue weighted by Crippen LogP contribution is 2.35. The minimum atomic E-state index is -4.21. The van der Waals surface area contributed by atoms with Gasteiger partial charge in [-0.05, 0) is 66.1 Å². The number of hydrogen-bond acceptors (Lipinski definition) is 4. The molecule has 188 valence electrons. The van der Waals surface area contributed by atoms with Crippen molar-refractivity contribution in [3.63, 3.8) is 0 Å². The molecule has 2 aromatic carbocycles. The Labute approximate surface area is 206 Å². The number of benzene rings is 2. The molecule has 0 spiro atoms. The second-order valence-corrected chi connectivity index (χ2v) is 9.45. The number of alkyl halides is 3. The third-order valence-corrected chi connectivity index (χ3v) is 6.95. The lowest BCUT2D eigenvalue weighted by Crippen LogP contribution is -2.40. The number of nitrogens with two attached hydrogens (primary N) is 1. The molecule has 2 aliphatic rings. The number of fused-ring (bicyclic) bond motifs is 1. The van der Waals surface area contributed by atoms with E-state index in [1.165, 1.54) is 4.90 Å². The summed E-state index contributed by atoms with van der Waals surface area (Å²) in [5.41, 5.74) is 10.7. The zero-order valence-corrected chi connectivity index (χ0v) is 19.5. The van der Waals surface area contributed by atoms with Crippen molar-refractivity contribution in [2.24, 2.45) is 0 Å². The average Bonchev–Trinajstić information content (AvgIpc) is 2.83. The molecule has 3 N–H and O–H groups in total. The highest BCUT2D eigenvalue weighted by Gasteiger charge is 2.33. The minimum absolute atomic E-state index is 0.00667. The first kappa shape index (κ1) is 24.2. The summed E-state index contributed by atoms with van der Waals surface area (Å²) < 4.78 is 53.3. The molecule has 1 atom stereocenters. The van der Waals surface area contributed by atoms with Crippen molar-refractivity contribution in [3.8, 4) is 22.3 Å². The fraction of sp³-hybridized carbons (Fsp3) is 0.333. The fourth-order valence-corrected chi connectivity index (χ4v) is 5.19. The first-order valence-electron chi connectivity index (χ1n) is 11.9. The molecule has 5 rings (SSSR count). The van der Waals surface area contributed by atoms with Crippen molar-refractivity contribution in [2.45, 2.75) is 31.4 Å². The number of nitrogen functional groups attached to an aromatic ring is 1. The van der Waals surface area contributed by atoms with Gasteiger partial charge in [-0.1, -0.05) is 36.4 Å². The predicted molar refractivity (Wildman–Crippen MR) is 130 cm³/mol. The van der Waals surface area contributed by atoms with Gasteiger partial charge in [0.25, 0.3) is 5.91 Å². The fourth-order valence-electron chi connectivity index (χ4n) is 5.19. The minimum Gasteiger partial charge on any atom is -0.383 e. The SMILES string of the molecule is Nc1nc(F)c(-c2ccc(C3CCCN(CC(F)(F)F)C3)cc2)cc1-c1ccc2c(c1)CCNC2=O. The van der Waals surface area contributed by atoms with Crippen molar-refractivity contribution in [1.82, 2.24) is 15.2 Å². The van der Waals surface area contributed by atoms with E-state index in [-0.39, 0.29) is 23.2 Å². The normalized spacial score (nSPS) is 18.6. The summed E-state index contributed by atoms with van der Waals surface area (Å²) in [6.45, 7) is 0.433. The highest BCUT2D eigenvalue weighted by molar-refractivity contribution is 5.97. The first-order valence-corrected chi connectivity index (χ1v) is 11.9. The monoisotopic (exact) mass is 498 g/mol. The molecule has 1 unspecified atom stereocenters. The number of nitrogens with zero attached hydrogens (tertiary/aromatic N) is 2. The Morgan fingerprint density at radius 3 is 2.53 bits per heavy atom. The molecule has 0 aliphatic carbocycles. The summed E-state index contributed by atoms with van der Waals surface area (Å²) in [6, 6.07) is 14.3. The van der Waals surface area contributed by atoms with E-state index < -0.39 is 18.7 Å². The number of halogens is 4. The van der Waals surface area contributed by atoms with Crippen LogP contribution in [-0.4, -0.2) is 48.1 Å². The van der Waals surface area contributed by atoms with E-state index in [0.717, 1.165) is 23.1 Å². The molecule has 3 heterocycles. The quantitative estimate of drug-likeness (QED) is 0.385. The van der Waals surface area contributed by atoms with Gasteiger partial charge in [-0.2, -0.15) is 17.6 Å². The molecule has 0 saturated carbocycles. The third-order valence-electron chi connectivity index (χ3n) is 6.95. The number of carbonyl (C=O) groups excluding carboxylic acids is 1. The Kier molecular flexibility index (Phi) is 6.42. The van der Waals surface area contributed by atoms with Crippen LogP contribution in [0, 0.1) is 5.95 Å². The molecule has 2 aliphatic heterocycles. The van der Waals surface area contributed by atoms with Crippen LogP contribution in [0.5, 0.6) is 0 Å². The number of aromatic nitrogens is 1. The summed E-state index contributed by atoms with van der Waals surface area (Å²) in [4.78, 5) is 17.4. The van der Waals surface area contributed by atoms with Crippen LogP contribution in [0.15, 0.2) is 48.5 Å². The smallest absolute Gasteiger partial charge is 0.383 e. The number of amides is 1. The van der Waals surface area contributed by atoms with Crippen LogP contribution in [0.4, 0.5) is 23.4 Å². The summed E-state index contributed by atoms with van der Waals surface area (Å²) >= 11 is 0. The lowest BCUT2D eigenvalue weighted by molar-refractivity contribution is -0.148. The lowest BCUT2D eigenvalue weighted by atomic mass is 9.89. The standard InChI is InChI=1S/C27H26F4N4O/c28-24-22(13-23(25(32)34-24)18-7-8-21-19(12-18)9-10-33-26(21)36)17-5-3-16(4-6-17)20-2-1-11-35(14-20)15-27(29,30)31/h3-8,12-13,20H,1-2,9-11,14-15H2,(H2,32,34)(H,33,36). The van der Waals surface area contributed by atoms with Crippen molar-refractivity contribution >= 4 is 11.7 Å². The molecule has 3 aromatic rings. The lowest BCUT2D eigenvalue weighted by Gasteiger charge is -2.33. The van der Waals surface area contributed by atoms with Crippen molar-refractivity contribution in [2.75, 3.05) is 31.9 Å². The van der Waals surface area contributed by atoms with Gasteiger partial charge in [0.15, 0.2) is 0 Å². The van der Waals surface area contributed by atoms with E-state index >= 15 is 0 Å². The van der Waals surface area contributed by atoms with Crippen molar-refractivity contribution < 1.29 is 22.4 Å². The number of piperidine rings is 1. The van der Waals surface area contributed by atoms with E-state index in [1.54, 1.807) is 30.3 Å². The molecule has 36 heavy (non-hydrogen) atoms. The second kappa shape index (κ2) is 9.54. The molecule has 0 radical (unpaired) electrons. The van der Waals surface area contributed by atoms with Gasteiger partial charge in [-0.25, -0.2) is 4.98 Å². The number of rotatable bonds is 4. The Morgan fingerprint density at radius 2 is 1.78 bits per heavy atom. The summed E-state index contributed by atoms with van der Waals surface area (Å²) in [5, 5.41) is 2.81. The van der Waals surface area contributed by atoms with E-state index in [0.29, 0.717) is 49.2 Å². The van der Waals surface area contributed by atoms with E-state index in [9.17, 15) is 22.4 Å². The maximum atomic E-state index is 14.9. The Hall–Kier alpha value is -3.46. The zero-order valence-electron chi connectivity index (χ0n) is 19.5. The molecule has 0 bridgehead atoms. The Balaban J connectivity index is 1.41. The van der Waals surface area contributed by atoms with Gasteiger partial charge in [-0.3, -0.25) is 9.69 Å². The van der Waals surface area contributed by atoms with Gasteiger partial charge in [0.05, 0.1) is 6.54 Å². The van der Waals surface area contributed by atoms with Gasteiger partial charge < -0.3 is 11.1 Å². The van der Waals surface area contributed by atoms with Gasteiger partial charge in [0.2, 0.25) is 5.95 Å². The van der Waals surface area contributed by atoms with Crippen molar-refractivity contribution in [3.05, 3.63) is 71.2 Å². The van der Waals surface area contributed by atoms with Crippen LogP contribution in [0.25, 0.3) is 22.3 Å². The molecule has 1 fully saturated rings. The third kappa shape index (κ3) is 5.06. The Morgan fingerprint density at radius 1 is 1.03 bits per heavy atom.